The molecule has 0 radical (unpaired) electrons. The van der Waals surface area contributed by atoms with Crippen molar-refractivity contribution in [2.24, 2.45) is 0 Å². The number of nitrogens with one attached hydrogen (secondary N) is 1. The van der Waals surface area contributed by atoms with Crippen LogP contribution in [0.4, 0.5) is 15.9 Å². The van der Waals surface area contributed by atoms with E-state index in [1.807, 2.05) is 43.3 Å². The molecule has 0 fully saturated rings. The Labute approximate surface area is 173 Å². The number of anilines is 2. The third kappa shape index (κ3) is 4.67. The third-order valence-corrected chi connectivity index (χ3v) is 4.32. The molecule has 4 aromatic rings. The summed E-state index contributed by atoms with van der Waals surface area (Å²) in [6, 6.07) is 23.9. The summed E-state index contributed by atoms with van der Waals surface area (Å²) < 4.78 is 18.3. The number of benzene rings is 3. The van der Waals surface area contributed by atoms with Crippen LogP contribution in [-0.2, 0) is 0 Å². The molecule has 4 rings (SSSR count). The van der Waals surface area contributed by atoms with Gasteiger partial charge in [-0.1, -0.05) is 30.3 Å². The van der Waals surface area contributed by atoms with Gasteiger partial charge in [-0.25, -0.2) is 19.2 Å². The first-order valence-corrected chi connectivity index (χ1v) is 9.33. The molecule has 30 heavy (non-hydrogen) atoms. The van der Waals surface area contributed by atoms with Gasteiger partial charge in [-0.3, -0.25) is 0 Å². The van der Waals surface area contributed by atoms with Gasteiger partial charge in [0.2, 0.25) is 0 Å². The van der Waals surface area contributed by atoms with Gasteiger partial charge in [-0.15, -0.1) is 0 Å². The topological polar surface area (TPSA) is 64.1 Å². The Morgan fingerprint density at radius 1 is 0.900 bits per heavy atom. The van der Waals surface area contributed by atoms with Crippen LogP contribution in [0.5, 0.6) is 5.75 Å². The van der Waals surface area contributed by atoms with Crippen LogP contribution < -0.4 is 10.1 Å². The van der Waals surface area contributed by atoms with E-state index < -0.39 is 11.8 Å². The molecule has 0 bridgehead atoms. The Morgan fingerprint density at radius 2 is 1.60 bits per heavy atom. The molecule has 0 atom stereocenters. The van der Waals surface area contributed by atoms with E-state index in [0.29, 0.717) is 17.4 Å². The van der Waals surface area contributed by atoms with Crippen molar-refractivity contribution in [1.82, 2.24) is 9.97 Å². The molecule has 0 aliphatic heterocycles. The van der Waals surface area contributed by atoms with Gasteiger partial charge in [0.15, 0.2) is 0 Å². The van der Waals surface area contributed by atoms with E-state index >= 15 is 0 Å². The minimum absolute atomic E-state index is 0.281. The Balaban J connectivity index is 1.47. The van der Waals surface area contributed by atoms with Crippen molar-refractivity contribution < 1.29 is 13.9 Å². The van der Waals surface area contributed by atoms with Crippen LogP contribution in [0.15, 0.2) is 84.9 Å². The lowest BCUT2D eigenvalue weighted by molar-refractivity contribution is 0.0734. The fourth-order valence-corrected chi connectivity index (χ4v) is 2.89. The van der Waals surface area contributed by atoms with Gasteiger partial charge in [0.05, 0.1) is 11.3 Å². The number of halogens is 1. The Morgan fingerprint density at radius 3 is 2.30 bits per heavy atom. The normalized spacial score (nSPS) is 10.5. The van der Waals surface area contributed by atoms with Crippen LogP contribution in [0.2, 0.25) is 0 Å². The Hall–Kier alpha value is -4.06. The molecular weight excluding hydrogens is 381 g/mol. The highest BCUT2D eigenvalue weighted by atomic mass is 19.1. The van der Waals surface area contributed by atoms with Crippen LogP contribution in [0.1, 0.15) is 16.2 Å². The van der Waals surface area contributed by atoms with E-state index in [4.69, 9.17) is 4.74 Å². The van der Waals surface area contributed by atoms with Gasteiger partial charge in [0.25, 0.3) is 0 Å². The number of nitrogens with zero attached hydrogens (tertiary/aromatic N) is 2. The zero-order valence-corrected chi connectivity index (χ0v) is 16.2. The zero-order valence-electron chi connectivity index (χ0n) is 16.2. The first-order valence-electron chi connectivity index (χ1n) is 9.33. The number of ether oxygens (including phenoxy) is 1. The molecule has 0 unspecified atom stereocenters. The number of aromatic nitrogens is 2. The molecule has 5 nitrogen and oxygen atoms in total. The second kappa shape index (κ2) is 8.53. The predicted molar refractivity (Wildman–Crippen MR) is 113 cm³/mol. The average Bonchev–Trinajstić information content (AvgIpc) is 2.76. The fraction of sp³-hybridized carbons (Fsp3) is 0.0417. The summed E-state index contributed by atoms with van der Waals surface area (Å²) in [5.41, 5.74) is 2.90. The first-order chi connectivity index (χ1) is 14.6. The van der Waals surface area contributed by atoms with Gasteiger partial charge >= 0.3 is 5.97 Å². The molecule has 0 saturated heterocycles. The summed E-state index contributed by atoms with van der Waals surface area (Å²) in [7, 11) is 0. The van der Waals surface area contributed by atoms with Gasteiger partial charge in [0, 0.05) is 17.3 Å². The van der Waals surface area contributed by atoms with Crippen molar-refractivity contribution in [1.29, 1.82) is 0 Å². The highest BCUT2D eigenvalue weighted by molar-refractivity contribution is 5.91. The smallest absolute Gasteiger partial charge is 0.343 e. The third-order valence-electron chi connectivity index (χ3n) is 4.32. The van der Waals surface area contributed by atoms with E-state index in [0.717, 1.165) is 16.9 Å². The van der Waals surface area contributed by atoms with Gasteiger partial charge in [-0.2, -0.15) is 0 Å². The lowest BCUT2D eigenvalue weighted by Gasteiger charge is -2.10. The van der Waals surface area contributed by atoms with Gasteiger partial charge in [0.1, 0.15) is 23.2 Å². The highest BCUT2D eigenvalue weighted by Crippen LogP contribution is 2.23. The number of rotatable bonds is 5. The molecule has 148 valence electrons. The second-order valence-corrected chi connectivity index (χ2v) is 6.60. The molecule has 6 heteroatoms. The maximum Gasteiger partial charge on any atom is 0.343 e. The summed E-state index contributed by atoms with van der Waals surface area (Å²) in [5, 5.41) is 3.24. The van der Waals surface area contributed by atoms with E-state index in [1.165, 1.54) is 24.3 Å². The van der Waals surface area contributed by atoms with E-state index in [1.54, 1.807) is 24.3 Å². The lowest BCUT2D eigenvalue weighted by Crippen LogP contribution is -2.08. The summed E-state index contributed by atoms with van der Waals surface area (Å²) in [6.07, 6.45) is 0. The SMILES string of the molecule is Cc1nc(Nc2ccc(OC(=O)c3ccc(F)cc3)cc2)cc(-c2ccccc2)n1. The summed E-state index contributed by atoms with van der Waals surface area (Å²) >= 11 is 0. The van der Waals surface area contributed by atoms with Crippen LogP contribution >= 0.6 is 0 Å². The van der Waals surface area contributed by atoms with Crippen LogP contribution in [-0.4, -0.2) is 15.9 Å². The minimum atomic E-state index is -0.547. The molecule has 1 aromatic heterocycles. The molecule has 0 spiro atoms. The van der Waals surface area contributed by atoms with Crippen molar-refractivity contribution in [2.75, 3.05) is 5.32 Å². The summed E-state index contributed by atoms with van der Waals surface area (Å²) in [6.45, 7) is 1.84. The molecule has 1 N–H and O–H groups in total. The number of hydrogen-bond donors (Lipinski definition) is 1. The molecule has 3 aromatic carbocycles. The second-order valence-electron chi connectivity index (χ2n) is 6.60. The highest BCUT2D eigenvalue weighted by Gasteiger charge is 2.09. The standard InChI is InChI=1S/C24H18FN3O2/c1-16-26-22(17-5-3-2-4-6-17)15-23(27-16)28-20-11-13-21(14-12-20)30-24(29)18-7-9-19(25)10-8-18/h2-15H,1H3,(H,26,27,28). The van der Waals surface area contributed by atoms with Crippen molar-refractivity contribution in [3.63, 3.8) is 0 Å². The molecular formula is C24H18FN3O2. The molecule has 0 aliphatic rings. The monoisotopic (exact) mass is 399 g/mol. The van der Waals surface area contributed by atoms with Crippen LogP contribution in [0.25, 0.3) is 11.3 Å². The number of aryl methyl sites for hydroxylation is 1. The Bertz CT molecular complexity index is 1160. The summed E-state index contributed by atoms with van der Waals surface area (Å²) in [4.78, 5) is 21.1. The number of carbonyl (C=O) groups excluding carboxylic acids is 1. The largest absolute Gasteiger partial charge is 0.423 e. The zero-order chi connectivity index (χ0) is 20.9. The van der Waals surface area contributed by atoms with Crippen LogP contribution in [0, 0.1) is 12.7 Å². The molecule has 0 saturated carbocycles. The van der Waals surface area contributed by atoms with Crippen LogP contribution in [0.3, 0.4) is 0 Å². The van der Waals surface area contributed by atoms with Gasteiger partial charge < -0.3 is 10.1 Å². The summed E-state index contributed by atoms with van der Waals surface area (Å²) in [5.74, 6) is 0.756. The predicted octanol–water partition coefficient (Wildman–Crippen LogP) is 5.55. The molecule has 0 amide bonds. The van der Waals surface area contributed by atoms with E-state index in [2.05, 4.69) is 15.3 Å². The molecule has 1 heterocycles. The number of carbonyl (C=O) groups is 1. The van der Waals surface area contributed by atoms with Crippen molar-refractivity contribution in [3.8, 4) is 17.0 Å². The van der Waals surface area contributed by atoms with Crippen molar-refractivity contribution >= 4 is 17.5 Å². The first kappa shape index (κ1) is 19.3. The average molecular weight is 399 g/mol. The van der Waals surface area contributed by atoms with E-state index in [-0.39, 0.29) is 5.56 Å². The maximum absolute atomic E-state index is 13.0. The lowest BCUT2D eigenvalue weighted by atomic mass is 10.1. The number of esters is 1. The maximum atomic E-state index is 13.0. The van der Waals surface area contributed by atoms with Crippen molar-refractivity contribution in [3.05, 3.63) is 102 Å². The van der Waals surface area contributed by atoms with Crippen molar-refractivity contribution in [2.45, 2.75) is 6.92 Å². The molecule has 0 aliphatic carbocycles. The van der Waals surface area contributed by atoms with E-state index in [9.17, 15) is 9.18 Å². The fourth-order valence-electron chi connectivity index (χ4n) is 2.89. The quantitative estimate of drug-likeness (QED) is 0.352. The minimum Gasteiger partial charge on any atom is -0.423 e. The van der Waals surface area contributed by atoms with Gasteiger partial charge in [-0.05, 0) is 55.5 Å². The Kier molecular flexibility index (Phi) is 5.48. The number of hydrogen-bond acceptors (Lipinski definition) is 5.